The van der Waals surface area contributed by atoms with Gasteiger partial charge in [0.15, 0.2) is 0 Å². The van der Waals surface area contributed by atoms with E-state index < -0.39 is 0 Å². The Labute approximate surface area is 182 Å². The molecule has 1 atom stereocenters. The summed E-state index contributed by atoms with van der Waals surface area (Å²) in [6.45, 7) is 1.36. The third kappa shape index (κ3) is 4.53. The summed E-state index contributed by atoms with van der Waals surface area (Å²) in [7, 11) is 3.28. The fourth-order valence-corrected chi connectivity index (χ4v) is 4.16. The van der Waals surface area contributed by atoms with Crippen molar-refractivity contribution in [2.75, 3.05) is 27.2 Å². The number of nitrogens with one attached hydrogen (secondary N) is 1. The van der Waals surface area contributed by atoms with E-state index in [0.717, 1.165) is 40.9 Å². The van der Waals surface area contributed by atoms with E-state index in [1.54, 1.807) is 14.2 Å². The van der Waals surface area contributed by atoms with E-state index in [1.807, 2.05) is 59.5 Å². The van der Waals surface area contributed by atoms with Crippen LogP contribution in [0.4, 0.5) is 0 Å². The van der Waals surface area contributed by atoms with Crippen LogP contribution >= 0.6 is 0 Å². The number of rotatable bonds is 6. The zero-order valence-corrected chi connectivity index (χ0v) is 17.9. The smallest absolute Gasteiger partial charge is 0.251 e. The number of carbonyl (C=O) groups excluding carboxylic acids is 2. The van der Waals surface area contributed by atoms with Crippen LogP contribution in [0.25, 0.3) is 10.9 Å². The van der Waals surface area contributed by atoms with Crippen LogP contribution in [-0.4, -0.2) is 48.9 Å². The molecule has 1 aliphatic heterocycles. The number of carbonyl (C=O) groups is 2. The predicted molar refractivity (Wildman–Crippen MR) is 120 cm³/mol. The van der Waals surface area contributed by atoms with Gasteiger partial charge in [0.1, 0.15) is 5.75 Å². The number of benzene rings is 2. The number of fused-ring (bicyclic) bond motifs is 1. The first-order valence-corrected chi connectivity index (χ1v) is 10.6. The highest BCUT2D eigenvalue weighted by Crippen LogP contribution is 2.30. The zero-order chi connectivity index (χ0) is 21.8. The van der Waals surface area contributed by atoms with E-state index in [-0.39, 0.29) is 17.7 Å². The highest BCUT2D eigenvalue weighted by molar-refractivity contribution is 6.06. The number of aryl methyl sites for hydroxylation is 1. The molecule has 6 heteroatoms. The van der Waals surface area contributed by atoms with Crippen molar-refractivity contribution in [3.8, 4) is 5.75 Å². The molecule has 1 N–H and O–H groups in total. The van der Waals surface area contributed by atoms with Crippen molar-refractivity contribution in [2.24, 2.45) is 0 Å². The third-order valence-electron chi connectivity index (χ3n) is 5.95. The van der Waals surface area contributed by atoms with E-state index in [4.69, 9.17) is 9.72 Å². The third-order valence-corrected chi connectivity index (χ3v) is 5.95. The molecule has 0 spiro atoms. The molecule has 1 aliphatic rings. The molecule has 0 aliphatic carbocycles. The van der Waals surface area contributed by atoms with Crippen LogP contribution in [0.5, 0.6) is 5.75 Å². The summed E-state index contributed by atoms with van der Waals surface area (Å²) in [5, 5.41) is 3.56. The quantitative estimate of drug-likeness (QED) is 0.666. The molecule has 1 fully saturated rings. The van der Waals surface area contributed by atoms with Crippen LogP contribution < -0.4 is 10.1 Å². The van der Waals surface area contributed by atoms with E-state index >= 15 is 0 Å². The second kappa shape index (κ2) is 9.16. The van der Waals surface area contributed by atoms with Crippen molar-refractivity contribution in [3.63, 3.8) is 0 Å². The molecule has 31 heavy (non-hydrogen) atoms. The lowest BCUT2D eigenvalue weighted by Gasteiger charge is -2.17. The minimum Gasteiger partial charge on any atom is -0.497 e. The lowest BCUT2D eigenvalue weighted by Crippen LogP contribution is -2.28. The number of nitrogens with zero attached hydrogens (tertiary/aromatic N) is 2. The molecule has 0 bridgehead atoms. The van der Waals surface area contributed by atoms with Crippen molar-refractivity contribution in [3.05, 3.63) is 71.4 Å². The first-order valence-electron chi connectivity index (χ1n) is 10.6. The van der Waals surface area contributed by atoms with Gasteiger partial charge in [-0.25, -0.2) is 0 Å². The number of amides is 2. The van der Waals surface area contributed by atoms with Gasteiger partial charge in [0.25, 0.3) is 5.91 Å². The van der Waals surface area contributed by atoms with Crippen molar-refractivity contribution in [2.45, 2.75) is 25.2 Å². The normalized spacial score (nSPS) is 15.8. The summed E-state index contributed by atoms with van der Waals surface area (Å²) in [4.78, 5) is 31.9. The summed E-state index contributed by atoms with van der Waals surface area (Å²) >= 11 is 0. The fourth-order valence-electron chi connectivity index (χ4n) is 4.16. The average molecular weight is 418 g/mol. The van der Waals surface area contributed by atoms with E-state index in [2.05, 4.69) is 5.32 Å². The summed E-state index contributed by atoms with van der Waals surface area (Å²) in [6, 6.07) is 17.4. The molecule has 0 saturated carbocycles. The summed E-state index contributed by atoms with van der Waals surface area (Å²) < 4.78 is 5.18. The molecule has 2 amide bonds. The van der Waals surface area contributed by atoms with Crippen molar-refractivity contribution < 1.29 is 14.3 Å². The number of para-hydroxylation sites is 1. The molecule has 2 aromatic carbocycles. The molecule has 0 unspecified atom stereocenters. The number of ether oxygens (including phenoxy) is 1. The van der Waals surface area contributed by atoms with Crippen LogP contribution in [0.15, 0.2) is 54.6 Å². The topological polar surface area (TPSA) is 71.5 Å². The van der Waals surface area contributed by atoms with Crippen molar-refractivity contribution in [1.29, 1.82) is 0 Å². The zero-order valence-electron chi connectivity index (χ0n) is 17.9. The first kappa shape index (κ1) is 20.8. The highest BCUT2D eigenvalue weighted by Gasteiger charge is 2.29. The number of pyridine rings is 1. The molecule has 3 aromatic rings. The lowest BCUT2D eigenvalue weighted by atomic mass is 9.99. The Hall–Kier alpha value is -3.41. The summed E-state index contributed by atoms with van der Waals surface area (Å²) in [6.07, 6.45) is 2.04. The fraction of sp³-hybridized carbons (Fsp3) is 0.320. The molecular formula is C25H27N3O3. The molecule has 0 radical (unpaired) electrons. The largest absolute Gasteiger partial charge is 0.497 e. The van der Waals surface area contributed by atoms with Gasteiger partial charge in [-0.05, 0) is 42.7 Å². The van der Waals surface area contributed by atoms with Gasteiger partial charge in [0.05, 0.1) is 18.2 Å². The van der Waals surface area contributed by atoms with Gasteiger partial charge < -0.3 is 15.0 Å². The summed E-state index contributed by atoms with van der Waals surface area (Å²) in [5.41, 5.74) is 3.44. The molecule has 2 heterocycles. The number of likely N-dealkylation sites (tertiary alicyclic amines) is 1. The lowest BCUT2D eigenvalue weighted by molar-refractivity contribution is -0.130. The van der Waals surface area contributed by atoms with Crippen molar-refractivity contribution in [1.82, 2.24) is 15.2 Å². The van der Waals surface area contributed by atoms with Crippen molar-refractivity contribution >= 4 is 22.7 Å². The average Bonchev–Trinajstić information content (AvgIpc) is 3.32. The Balaban J connectivity index is 1.45. The Kier molecular flexibility index (Phi) is 6.16. The Bertz CT molecular complexity index is 1090. The Morgan fingerprint density at radius 1 is 1.16 bits per heavy atom. The minimum absolute atomic E-state index is 0.120. The Morgan fingerprint density at radius 2 is 1.94 bits per heavy atom. The standard InChI is InChI=1S/C25H27N3O3/c1-26-25(30)21-15-23(27-22-6-4-3-5-20(21)22)18-13-14-28(16-18)24(29)12-9-17-7-10-19(31-2)11-8-17/h3-8,10-11,15,18H,9,12-14,16H2,1-2H3,(H,26,30)/t18-/m0/s1. The summed E-state index contributed by atoms with van der Waals surface area (Å²) in [5.74, 6) is 0.991. The number of methoxy groups -OCH3 is 1. The second-order valence-corrected chi connectivity index (χ2v) is 7.86. The monoisotopic (exact) mass is 417 g/mol. The van der Waals surface area contributed by atoms with Crippen LogP contribution in [0.1, 0.15) is 40.4 Å². The maximum absolute atomic E-state index is 12.8. The number of aromatic nitrogens is 1. The van der Waals surface area contributed by atoms with Crippen LogP contribution in [0, 0.1) is 0 Å². The molecular weight excluding hydrogens is 390 g/mol. The molecule has 4 rings (SSSR count). The van der Waals surface area contributed by atoms with Gasteiger partial charge in [-0.1, -0.05) is 30.3 Å². The maximum Gasteiger partial charge on any atom is 0.251 e. The van der Waals surface area contributed by atoms with Crippen LogP contribution in [-0.2, 0) is 11.2 Å². The molecule has 1 aromatic heterocycles. The maximum atomic E-state index is 12.8. The highest BCUT2D eigenvalue weighted by atomic mass is 16.5. The van der Waals surface area contributed by atoms with E-state index in [1.165, 1.54) is 0 Å². The molecule has 160 valence electrons. The van der Waals surface area contributed by atoms with Gasteiger partial charge in [-0.3, -0.25) is 14.6 Å². The predicted octanol–water partition coefficient (Wildman–Crippen LogP) is 3.55. The van der Waals surface area contributed by atoms with Gasteiger partial charge in [0.2, 0.25) is 5.91 Å². The second-order valence-electron chi connectivity index (χ2n) is 7.86. The SMILES string of the molecule is CNC(=O)c1cc([C@H]2CCN(C(=O)CCc3ccc(OC)cc3)C2)nc2ccccc12. The van der Waals surface area contributed by atoms with Gasteiger partial charge in [-0.2, -0.15) is 0 Å². The van der Waals surface area contributed by atoms with Crippen LogP contribution in [0.2, 0.25) is 0 Å². The van der Waals surface area contributed by atoms with E-state index in [9.17, 15) is 9.59 Å². The van der Waals surface area contributed by atoms with Crippen LogP contribution in [0.3, 0.4) is 0 Å². The van der Waals surface area contributed by atoms with E-state index in [0.29, 0.717) is 24.9 Å². The molecule has 1 saturated heterocycles. The van der Waals surface area contributed by atoms with Gasteiger partial charge >= 0.3 is 0 Å². The van der Waals surface area contributed by atoms with Gasteiger partial charge in [-0.15, -0.1) is 0 Å². The number of hydrogen-bond donors (Lipinski definition) is 1. The minimum atomic E-state index is -0.120. The van der Waals surface area contributed by atoms with Gasteiger partial charge in [0, 0.05) is 43.6 Å². The Morgan fingerprint density at radius 3 is 2.68 bits per heavy atom. The first-order chi connectivity index (χ1) is 15.1. The molecule has 6 nitrogen and oxygen atoms in total. The number of hydrogen-bond acceptors (Lipinski definition) is 4.